The van der Waals surface area contributed by atoms with Gasteiger partial charge in [0.1, 0.15) is 11.5 Å². The van der Waals surface area contributed by atoms with Crippen molar-refractivity contribution < 1.29 is 19.4 Å². The molecule has 4 heteroatoms. The fourth-order valence-corrected chi connectivity index (χ4v) is 1.83. The smallest absolute Gasteiger partial charge is 0.347 e. The summed E-state index contributed by atoms with van der Waals surface area (Å²) in [4.78, 5) is 11.6. The number of carbonyl (C=O) groups is 1. The van der Waals surface area contributed by atoms with E-state index in [0.717, 1.165) is 10.8 Å². The first-order chi connectivity index (χ1) is 9.11. The lowest BCUT2D eigenvalue weighted by Gasteiger charge is -2.15. The van der Waals surface area contributed by atoms with Crippen molar-refractivity contribution in [2.75, 3.05) is 6.61 Å². The zero-order valence-corrected chi connectivity index (χ0v) is 10.9. The zero-order valence-electron chi connectivity index (χ0n) is 10.9. The van der Waals surface area contributed by atoms with Gasteiger partial charge < -0.3 is 14.6 Å². The predicted octanol–water partition coefficient (Wildman–Crippen LogP) is 2.88. The molecular formula is C15H16O4. The van der Waals surface area contributed by atoms with Crippen LogP contribution < -0.4 is 4.74 Å². The molecule has 0 bridgehead atoms. The summed E-state index contributed by atoms with van der Waals surface area (Å²) >= 11 is 0. The van der Waals surface area contributed by atoms with E-state index in [4.69, 9.17) is 9.47 Å². The number of carbonyl (C=O) groups excluding carboxylic acids is 1. The summed E-state index contributed by atoms with van der Waals surface area (Å²) in [6.07, 6.45) is -0.687. The van der Waals surface area contributed by atoms with Crippen LogP contribution in [0.4, 0.5) is 0 Å². The first kappa shape index (κ1) is 13.2. The largest absolute Gasteiger partial charge is 0.508 e. The van der Waals surface area contributed by atoms with Gasteiger partial charge in [0, 0.05) is 5.39 Å². The molecule has 2 aromatic rings. The number of hydrogen-bond donors (Lipinski definition) is 1. The fourth-order valence-electron chi connectivity index (χ4n) is 1.83. The third-order valence-electron chi connectivity index (χ3n) is 2.75. The standard InChI is InChI=1S/C15H16O4/c1-3-18-15(17)10(2)19-14-6-4-5-11-7-8-12(16)9-13(11)14/h4-10,16H,3H2,1-2H3. The van der Waals surface area contributed by atoms with Crippen LogP contribution in [0.1, 0.15) is 13.8 Å². The molecule has 0 radical (unpaired) electrons. The van der Waals surface area contributed by atoms with Crippen LogP contribution in [0.25, 0.3) is 10.8 Å². The van der Waals surface area contributed by atoms with E-state index in [1.807, 2.05) is 12.1 Å². The molecule has 0 fully saturated rings. The van der Waals surface area contributed by atoms with E-state index < -0.39 is 12.1 Å². The first-order valence-corrected chi connectivity index (χ1v) is 6.17. The monoisotopic (exact) mass is 260 g/mol. The summed E-state index contributed by atoms with van der Waals surface area (Å²) in [6.45, 7) is 3.71. The summed E-state index contributed by atoms with van der Waals surface area (Å²) in [7, 11) is 0. The van der Waals surface area contributed by atoms with Crippen molar-refractivity contribution in [3.05, 3.63) is 36.4 Å². The van der Waals surface area contributed by atoms with Gasteiger partial charge in [0.25, 0.3) is 0 Å². The highest BCUT2D eigenvalue weighted by Crippen LogP contribution is 2.29. The summed E-state index contributed by atoms with van der Waals surface area (Å²) in [5.41, 5.74) is 0. The number of rotatable bonds is 4. The maximum Gasteiger partial charge on any atom is 0.347 e. The number of benzene rings is 2. The molecule has 2 rings (SSSR count). The molecule has 1 N–H and O–H groups in total. The highest BCUT2D eigenvalue weighted by Gasteiger charge is 2.16. The van der Waals surface area contributed by atoms with Crippen molar-refractivity contribution in [1.29, 1.82) is 0 Å². The molecule has 1 unspecified atom stereocenters. The van der Waals surface area contributed by atoms with Crippen LogP contribution in [0.5, 0.6) is 11.5 Å². The molecule has 19 heavy (non-hydrogen) atoms. The third-order valence-corrected chi connectivity index (χ3v) is 2.75. The van der Waals surface area contributed by atoms with E-state index in [0.29, 0.717) is 12.4 Å². The number of phenols is 1. The number of aromatic hydroxyl groups is 1. The average molecular weight is 260 g/mol. The van der Waals surface area contributed by atoms with E-state index in [-0.39, 0.29) is 5.75 Å². The Morgan fingerprint density at radius 3 is 2.84 bits per heavy atom. The van der Waals surface area contributed by atoms with Crippen LogP contribution in [0, 0.1) is 0 Å². The van der Waals surface area contributed by atoms with Crippen LogP contribution in [0.2, 0.25) is 0 Å². The van der Waals surface area contributed by atoms with Gasteiger partial charge in [-0.15, -0.1) is 0 Å². The quantitative estimate of drug-likeness (QED) is 0.859. The average Bonchev–Trinajstić information content (AvgIpc) is 2.39. The molecule has 4 nitrogen and oxygen atoms in total. The highest BCUT2D eigenvalue weighted by atomic mass is 16.6. The summed E-state index contributed by atoms with van der Waals surface area (Å²) in [5, 5.41) is 11.2. The Morgan fingerprint density at radius 2 is 2.11 bits per heavy atom. The minimum absolute atomic E-state index is 0.160. The van der Waals surface area contributed by atoms with Gasteiger partial charge in [-0.3, -0.25) is 0 Å². The lowest BCUT2D eigenvalue weighted by Crippen LogP contribution is -2.26. The number of phenolic OH excluding ortho intramolecular Hbond substituents is 1. The third kappa shape index (κ3) is 2.96. The Labute approximate surface area is 111 Å². The second kappa shape index (κ2) is 5.61. The zero-order chi connectivity index (χ0) is 13.8. The normalized spacial score (nSPS) is 12.1. The molecular weight excluding hydrogens is 244 g/mol. The van der Waals surface area contributed by atoms with Crippen LogP contribution >= 0.6 is 0 Å². The van der Waals surface area contributed by atoms with Crippen molar-refractivity contribution in [3.63, 3.8) is 0 Å². The second-order valence-corrected chi connectivity index (χ2v) is 4.17. The summed E-state index contributed by atoms with van der Waals surface area (Å²) in [6, 6.07) is 10.5. The van der Waals surface area contributed by atoms with Gasteiger partial charge >= 0.3 is 5.97 Å². The van der Waals surface area contributed by atoms with Crippen LogP contribution in [-0.4, -0.2) is 23.8 Å². The second-order valence-electron chi connectivity index (χ2n) is 4.17. The van der Waals surface area contributed by atoms with Gasteiger partial charge in [-0.25, -0.2) is 4.79 Å². The molecule has 0 heterocycles. The van der Waals surface area contributed by atoms with Gasteiger partial charge in [0.05, 0.1) is 6.61 Å². The maximum atomic E-state index is 11.6. The minimum Gasteiger partial charge on any atom is -0.508 e. The molecule has 0 saturated heterocycles. The van der Waals surface area contributed by atoms with E-state index in [9.17, 15) is 9.90 Å². The van der Waals surface area contributed by atoms with Gasteiger partial charge in [0.2, 0.25) is 0 Å². The molecule has 1 atom stereocenters. The molecule has 0 aliphatic heterocycles. The number of esters is 1. The molecule has 0 amide bonds. The molecule has 0 saturated carbocycles. The Kier molecular flexibility index (Phi) is 3.90. The van der Waals surface area contributed by atoms with Crippen molar-refractivity contribution in [2.45, 2.75) is 20.0 Å². The summed E-state index contributed by atoms with van der Waals surface area (Å²) in [5.74, 6) is 0.306. The van der Waals surface area contributed by atoms with Crippen molar-refractivity contribution >= 4 is 16.7 Å². The van der Waals surface area contributed by atoms with Crippen LogP contribution in [-0.2, 0) is 9.53 Å². The van der Waals surface area contributed by atoms with E-state index in [2.05, 4.69) is 0 Å². The fraction of sp³-hybridized carbons (Fsp3) is 0.267. The van der Waals surface area contributed by atoms with Gasteiger partial charge in [-0.1, -0.05) is 18.2 Å². The minimum atomic E-state index is -0.687. The molecule has 0 aromatic heterocycles. The molecule has 0 aliphatic carbocycles. The van der Waals surface area contributed by atoms with Gasteiger partial charge in [-0.2, -0.15) is 0 Å². The van der Waals surface area contributed by atoms with Crippen LogP contribution in [0.3, 0.4) is 0 Å². The van der Waals surface area contributed by atoms with Crippen molar-refractivity contribution in [3.8, 4) is 11.5 Å². The van der Waals surface area contributed by atoms with Gasteiger partial charge in [0.15, 0.2) is 6.10 Å². The number of fused-ring (bicyclic) bond motifs is 1. The molecule has 100 valence electrons. The summed E-state index contributed by atoms with van der Waals surface area (Å²) < 4.78 is 10.5. The highest BCUT2D eigenvalue weighted by molar-refractivity contribution is 5.89. The van der Waals surface area contributed by atoms with Crippen molar-refractivity contribution in [2.24, 2.45) is 0 Å². The van der Waals surface area contributed by atoms with Crippen molar-refractivity contribution in [1.82, 2.24) is 0 Å². The molecule has 2 aromatic carbocycles. The van der Waals surface area contributed by atoms with E-state index in [1.165, 1.54) is 0 Å². The lowest BCUT2D eigenvalue weighted by atomic mass is 10.1. The lowest BCUT2D eigenvalue weighted by molar-refractivity contribution is -0.150. The topological polar surface area (TPSA) is 55.8 Å². The number of hydrogen-bond acceptors (Lipinski definition) is 4. The molecule has 0 aliphatic rings. The van der Waals surface area contributed by atoms with E-state index >= 15 is 0 Å². The van der Waals surface area contributed by atoms with Gasteiger partial charge in [-0.05, 0) is 37.4 Å². The number of ether oxygens (including phenoxy) is 2. The Morgan fingerprint density at radius 1 is 1.32 bits per heavy atom. The predicted molar refractivity (Wildman–Crippen MR) is 72.3 cm³/mol. The SMILES string of the molecule is CCOC(=O)C(C)Oc1cccc2ccc(O)cc12. The van der Waals surface area contributed by atoms with Crippen LogP contribution in [0.15, 0.2) is 36.4 Å². The molecule has 0 spiro atoms. The Balaban J connectivity index is 2.30. The Hall–Kier alpha value is -2.23. The first-order valence-electron chi connectivity index (χ1n) is 6.17. The van der Waals surface area contributed by atoms with E-state index in [1.54, 1.807) is 38.1 Å². The Bertz CT molecular complexity index is 592. The maximum absolute atomic E-state index is 11.6.